The fourth-order valence-corrected chi connectivity index (χ4v) is 3.99. The van der Waals surface area contributed by atoms with Crippen molar-refractivity contribution in [3.63, 3.8) is 0 Å². The average Bonchev–Trinajstić information content (AvgIpc) is 2.64. The Morgan fingerprint density at radius 2 is 1.85 bits per heavy atom. The molecular weight excluding hydrogens is 355 g/mol. The van der Waals surface area contributed by atoms with Gasteiger partial charge in [0.05, 0.1) is 5.56 Å². The quantitative estimate of drug-likeness (QED) is 0.799. The largest absolute Gasteiger partial charge is 0.416 e. The van der Waals surface area contributed by atoms with Crippen LogP contribution in [0.4, 0.5) is 13.2 Å². The Bertz CT molecular complexity index is 642. The van der Waals surface area contributed by atoms with Crippen molar-refractivity contribution >= 4 is 5.91 Å². The van der Waals surface area contributed by atoms with Gasteiger partial charge in [0, 0.05) is 45.2 Å². The molecule has 27 heavy (non-hydrogen) atoms. The van der Waals surface area contributed by atoms with Crippen LogP contribution >= 0.6 is 0 Å². The number of hydrogen-bond donors (Lipinski definition) is 0. The Kier molecular flexibility index (Phi) is 6.42. The first-order chi connectivity index (χ1) is 12.8. The van der Waals surface area contributed by atoms with Crippen LogP contribution in [-0.2, 0) is 17.5 Å². The maximum absolute atomic E-state index is 12.8. The van der Waals surface area contributed by atoms with E-state index in [0.717, 1.165) is 19.0 Å². The normalized spacial score (nSPS) is 22.8. The standard InChI is InChI=1S/C20H28F3N3O/c1-24-8-3-2-7-18(24)14-19(27)26-11-9-25(10-12-26)15-16-5-4-6-17(13-16)20(21,22)23/h4-6,13,18H,2-3,7-12,14-15H2,1H3/t18-/m0/s1. The second kappa shape index (κ2) is 8.61. The molecule has 0 N–H and O–H groups in total. The van der Waals surface area contributed by atoms with E-state index in [1.807, 2.05) is 4.90 Å². The first-order valence-electron chi connectivity index (χ1n) is 9.69. The van der Waals surface area contributed by atoms with Crippen LogP contribution in [0.15, 0.2) is 24.3 Å². The van der Waals surface area contributed by atoms with E-state index in [1.165, 1.54) is 25.0 Å². The van der Waals surface area contributed by atoms with Crippen molar-refractivity contribution in [1.29, 1.82) is 0 Å². The molecule has 150 valence electrons. The number of amides is 1. The molecule has 0 aromatic heterocycles. The zero-order chi connectivity index (χ0) is 19.4. The predicted molar refractivity (Wildman–Crippen MR) is 98.2 cm³/mol. The van der Waals surface area contributed by atoms with Gasteiger partial charge in [-0.1, -0.05) is 24.6 Å². The monoisotopic (exact) mass is 383 g/mol. The summed E-state index contributed by atoms with van der Waals surface area (Å²) in [5, 5.41) is 0. The number of benzene rings is 1. The van der Waals surface area contributed by atoms with Crippen molar-refractivity contribution in [1.82, 2.24) is 14.7 Å². The number of nitrogens with zero attached hydrogens (tertiary/aromatic N) is 3. The average molecular weight is 383 g/mol. The van der Waals surface area contributed by atoms with Crippen LogP contribution in [0.5, 0.6) is 0 Å². The zero-order valence-corrected chi connectivity index (χ0v) is 15.8. The maximum atomic E-state index is 12.8. The number of alkyl halides is 3. The molecule has 4 nitrogen and oxygen atoms in total. The molecule has 0 saturated carbocycles. The summed E-state index contributed by atoms with van der Waals surface area (Å²) in [7, 11) is 2.09. The smallest absolute Gasteiger partial charge is 0.340 e. The van der Waals surface area contributed by atoms with Gasteiger partial charge in [-0.3, -0.25) is 9.69 Å². The highest BCUT2D eigenvalue weighted by Crippen LogP contribution is 2.29. The Morgan fingerprint density at radius 1 is 1.11 bits per heavy atom. The Hall–Kier alpha value is -1.60. The number of piperidine rings is 1. The minimum Gasteiger partial charge on any atom is -0.340 e. The number of likely N-dealkylation sites (tertiary alicyclic amines) is 1. The van der Waals surface area contributed by atoms with E-state index in [4.69, 9.17) is 0 Å². The molecule has 2 aliphatic rings. The highest BCUT2D eigenvalue weighted by molar-refractivity contribution is 5.77. The van der Waals surface area contributed by atoms with Crippen LogP contribution < -0.4 is 0 Å². The minimum atomic E-state index is -4.31. The highest BCUT2D eigenvalue weighted by atomic mass is 19.4. The second-order valence-electron chi connectivity index (χ2n) is 7.69. The van der Waals surface area contributed by atoms with Crippen LogP contribution in [0.3, 0.4) is 0 Å². The van der Waals surface area contributed by atoms with Gasteiger partial charge in [0.15, 0.2) is 0 Å². The van der Waals surface area contributed by atoms with Gasteiger partial charge in [-0.25, -0.2) is 0 Å². The van der Waals surface area contributed by atoms with Crippen LogP contribution in [0.1, 0.15) is 36.8 Å². The van der Waals surface area contributed by atoms with Gasteiger partial charge in [-0.15, -0.1) is 0 Å². The lowest BCUT2D eigenvalue weighted by molar-refractivity contribution is -0.138. The van der Waals surface area contributed by atoms with Crippen LogP contribution in [0.2, 0.25) is 0 Å². The van der Waals surface area contributed by atoms with Crippen LogP contribution in [-0.4, -0.2) is 66.4 Å². The van der Waals surface area contributed by atoms with E-state index in [9.17, 15) is 18.0 Å². The summed E-state index contributed by atoms with van der Waals surface area (Å²) < 4.78 is 38.5. The summed E-state index contributed by atoms with van der Waals surface area (Å²) in [6, 6.07) is 5.85. The third kappa shape index (κ3) is 5.45. The summed E-state index contributed by atoms with van der Waals surface area (Å²) in [6.07, 6.45) is -0.266. The highest BCUT2D eigenvalue weighted by Gasteiger charge is 2.31. The molecule has 0 bridgehead atoms. The molecule has 1 atom stereocenters. The van der Waals surface area contributed by atoms with Crippen molar-refractivity contribution in [3.05, 3.63) is 35.4 Å². The van der Waals surface area contributed by atoms with E-state index >= 15 is 0 Å². The molecule has 0 unspecified atom stereocenters. The number of piperazine rings is 1. The SMILES string of the molecule is CN1CCCC[C@H]1CC(=O)N1CCN(Cc2cccc(C(F)(F)F)c2)CC1. The molecule has 0 aliphatic carbocycles. The first-order valence-corrected chi connectivity index (χ1v) is 9.69. The molecule has 1 aromatic rings. The van der Waals surface area contributed by atoms with E-state index in [1.54, 1.807) is 6.07 Å². The molecule has 0 spiro atoms. The summed E-state index contributed by atoms with van der Waals surface area (Å²) in [5.41, 5.74) is 0.0545. The lowest BCUT2D eigenvalue weighted by atomic mass is 9.99. The number of halogens is 3. The molecule has 2 saturated heterocycles. The van der Waals surface area contributed by atoms with Gasteiger partial charge < -0.3 is 9.80 Å². The number of hydrogen-bond acceptors (Lipinski definition) is 3. The molecule has 7 heteroatoms. The third-order valence-corrected chi connectivity index (χ3v) is 5.72. The molecule has 1 aromatic carbocycles. The second-order valence-corrected chi connectivity index (χ2v) is 7.69. The van der Waals surface area contributed by atoms with E-state index < -0.39 is 11.7 Å². The Balaban J connectivity index is 1.48. The van der Waals surface area contributed by atoms with E-state index in [2.05, 4.69) is 16.8 Å². The molecule has 2 fully saturated rings. The van der Waals surface area contributed by atoms with Gasteiger partial charge in [-0.2, -0.15) is 13.2 Å². The minimum absolute atomic E-state index is 0.201. The molecule has 1 amide bonds. The Morgan fingerprint density at radius 3 is 2.52 bits per heavy atom. The summed E-state index contributed by atoms with van der Waals surface area (Å²) in [5.74, 6) is 0.201. The molecule has 2 aliphatic heterocycles. The first kappa shape index (κ1) is 20.1. The lowest BCUT2D eigenvalue weighted by Crippen LogP contribution is -2.50. The number of carbonyl (C=O) groups excluding carboxylic acids is 1. The lowest BCUT2D eigenvalue weighted by Gasteiger charge is -2.37. The van der Waals surface area contributed by atoms with Gasteiger partial charge in [-0.05, 0) is 38.1 Å². The fourth-order valence-electron chi connectivity index (χ4n) is 3.99. The van der Waals surface area contributed by atoms with Crippen LogP contribution in [0.25, 0.3) is 0 Å². The van der Waals surface area contributed by atoms with Crippen molar-refractivity contribution in [3.8, 4) is 0 Å². The number of rotatable bonds is 4. The van der Waals surface area contributed by atoms with Crippen molar-refractivity contribution in [2.24, 2.45) is 0 Å². The van der Waals surface area contributed by atoms with Gasteiger partial charge in [0.1, 0.15) is 0 Å². The fraction of sp³-hybridized carbons (Fsp3) is 0.650. The van der Waals surface area contributed by atoms with Crippen molar-refractivity contribution in [2.75, 3.05) is 39.8 Å². The summed E-state index contributed by atoms with van der Waals surface area (Å²) >= 11 is 0. The van der Waals surface area contributed by atoms with E-state index in [0.29, 0.717) is 50.7 Å². The molecule has 2 heterocycles. The molecule has 3 rings (SSSR count). The summed E-state index contributed by atoms with van der Waals surface area (Å²) in [6.45, 7) is 4.23. The van der Waals surface area contributed by atoms with Crippen molar-refractivity contribution in [2.45, 2.75) is 44.4 Å². The van der Waals surface area contributed by atoms with Gasteiger partial charge in [0.25, 0.3) is 0 Å². The third-order valence-electron chi connectivity index (χ3n) is 5.72. The molecule has 0 radical (unpaired) electrons. The van der Waals surface area contributed by atoms with E-state index in [-0.39, 0.29) is 5.91 Å². The van der Waals surface area contributed by atoms with Crippen molar-refractivity contribution < 1.29 is 18.0 Å². The van der Waals surface area contributed by atoms with Gasteiger partial charge >= 0.3 is 6.18 Å². The van der Waals surface area contributed by atoms with Crippen LogP contribution in [0, 0.1) is 0 Å². The predicted octanol–water partition coefficient (Wildman–Crippen LogP) is 3.22. The summed E-state index contributed by atoms with van der Waals surface area (Å²) in [4.78, 5) is 18.9. The number of carbonyl (C=O) groups is 1. The Labute approximate surface area is 158 Å². The topological polar surface area (TPSA) is 26.8 Å². The maximum Gasteiger partial charge on any atom is 0.416 e. The van der Waals surface area contributed by atoms with Gasteiger partial charge in [0.2, 0.25) is 5.91 Å². The molecular formula is C20H28F3N3O. The zero-order valence-electron chi connectivity index (χ0n) is 15.8.